The van der Waals surface area contributed by atoms with E-state index in [1.807, 2.05) is 19.1 Å². The fourth-order valence-corrected chi connectivity index (χ4v) is 7.47. The highest BCUT2D eigenvalue weighted by atomic mass is 16.7. The van der Waals surface area contributed by atoms with Crippen molar-refractivity contribution in [3.8, 4) is 0 Å². The molecular formula is C58H95NO8. The lowest BCUT2D eigenvalue weighted by molar-refractivity contribution is -0.302. The number of carbonyl (C=O) groups excluding carboxylic acids is 1. The Hall–Kier alpha value is -3.41. The molecule has 9 heteroatoms. The summed E-state index contributed by atoms with van der Waals surface area (Å²) in [6.07, 6.45) is 63.0. The van der Waals surface area contributed by atoms with Gasteiger partial charge in [-0.05, 0) is 96.8 Å². The number of rotatable bonds is 42. The summed E-state index contributed by atoms with van der Waals surface area (Å²) < 4.78 is 11.2. The lowest BCUT2D eigenvalue weighted by Gasteiger charge is -2.40. The summed E-state index contributed by atoms with van der Waals surface area (Å²) in [5.41, 5.74) is 0. The Bertz CT molecular complexity index is 1460. The summed E-state index contributed by atoms with van der Waals surface area (Å²) in [5, 5.41) is 54.1. The number of hydrogen-bond donors (Lipinski definition) is 6. The largest absolute Gasteiger partial charge is 0.394 e. The molecule has 0 radical (unpaired) electrons. The van der Waals surface area contributed by atoms with Crippen LogP contribution in [0.4, 0.5) is 0 Å². The molecule has 1 aliphatic rings. The summed E-state index contributed by atoms with van der Waals surface area (Å²) in [5.74, 6) is -0.202. The van der Waals surface area contributed by atoms with E-state index in [9.17, 15) is 30.3 Å². The number of ether oxygens (including phenoxy) is 2. The van der Waals surface area contributed by atoms with E-state index < -0.39 is 49.5 Å². The standard InChI is InChI=1S/C58H95NO8/c1-3-5-7-9-11-13-14-15-16-17-18-19-20-21-22-23-24-25-26-27-28-29-30-31-32-33-34-35-36-37-38-40-42-44-46-48-54(62)59-51(52(61)47-45-43-41-39-12-10-8-6-4-2)50-66-58-57(65)56(64)55(63)53(49-60)67-58/h4-7,11-13,15-16,18-19,21-22,24-25,27-28,39,45,47,51-53,55-58,60-61,63-65H,3,8-10,14,17,20,23,26,29-38,40-44,46,48-50H2,1-2H3,(H,59,62)/b6-4+,7-5-,13-11-,16-15-,19-18-,22-21-,25-24-,28-27-,39-12+,47-45+. The Morgan fingerprint density at radius 1 is 0.537 bits per heavy atom. The van der Waals surface area contributed by atoms with Crippen molar-refractivity contribution in [2.75, 3.05) is 13.2 Å². The third-order valence-electron chi connectivity index (χ3n) is 11.6. The van der Waals surface area contributed by atoms with E-state index >= 15 is 0 Å². The number of aliphatic hydroxyl groups is 5. The number of unbranched alkanes of at least 4 members (excludes halogenated alkanes) is 15. The average Bonchev–Trinajstić information content (AvgIpc) is 3.33. The van der Waals surface area contributed by atoms with Gasteiger partial charge in [0.05, 0.1) is 25.4 Å². The number of hydrogen-bond acceptors (Lipinski definition) is 8. The highest BCUT2D eigenvalue weighted by Crippen LogP contribution is 2.22. The van der Waals surface area contributed by atoms with Crippen molar-refractivity contribution in [3.63, 3.8) is 0 Å². The van der Waals surface area contributed by atoms with Crippen LogP contribution in [0.25, 0.3) is 0 Å². The lowest BCUT2D eigenvalue weighted by Crippen LogP contribution is -2.60. The Morgan fingerprint density at radius 3 is 1.43 bits per heavy atom. The number of aliphatic hydroxyl groups excluding tert-OH is 5. The summed E-state index contributed by atoms with van der Waals surface area (Å²) in [6, 6.07) is -0.834. The lowest BCUT2D eigenvalue weighted by atomic mass is 9.99. The molecule has 0 aromatic carbocycles. The van der Waals surface area contributed by atoms with E-state index in [0.717, 1.165) is 89.9 Å². The molecule has 0 aromatic rings. The summed E-state index contributed by atoms with van der Waals surface area (Å²) >= 11 is 0. The topological polar surface area (TPSA) is 149 Å². The Kier molecular flexibility index (Phi) is 42.6. The predicted molar refractivity (Wildman–Crippen MR) is 280 cm³/mol. The van der Waals surface area contributed by atoms with E-state index in [1.165, 1.54) is 70.6 Å². The maximum absolute atomic E-state index is 13.0. The monoisotopic (exact) mass is 934 g/mol. The van der Waals surface area contributed by atoms with Gasteiger partial charge < -0.3 is 40.3 Å². The third kappa shape index (κ3) is 36.3. The maximum atomic E-state index is 13.0. The van der Waals surface area contributed by atoms with Gasteiger partial charge in [-0.2, -0.15) is 0 Å². The molecular weight excluding hydrogens is 839 g/mol. The van der Waals surface area contributed by atoms with Crippen molar-refractivity contribution in [2.24, 2.45) is 0 Å². The zero-order valence-corrected chi connectivity index (χ0v) is 41.8. The number of carbonyl (C=O) groups is 1. The first-order chi connectivity index (χ1) is 32.8. The van der Waals surface area contributed by atoms with Crippen LogP contribution in [0, 0.1) is 0 Å². The van der Waals surface area contributed by atoms with Gasteiger partial charge in [-0.25, -0.2) is 0 Å². The van der Waals surface area contributed by atoms with Gasteiger partial charge >= 0.3 is 0 Å². The van der Waals surface area contributed by atoms with E-state index in [2.05, 4.69) is 116 Å². The molecule has 1 amide bonds. The average molecular weight is 934 g/mol. The molecule has 0 spiro atoms. The van der Waals surface area contributed by atoms with E-state index in [1.54, 1.807) is 6.08 Å². The Morgan fingerprint density at radius 2 is 0.955 bits per heavy atom. The molecule has 1 heterocycles. The molecule has 9 nitrogen and oxygen atoms in total. The van der Waals surface area contributed by atoms with Crippen molar-refractivity contribution >= 4 is 5.91 Å². The molecule has 0 saturated carbocycles. The molecule has 7 atom stereocenters. The van der Waals surface area contributed by atoms with E-state index in [-0.39, 0.29) is 12.5 Å². The molecule has 1 aliphatic heterocycles. The molecule has 67 heavy (non-hydrogen) atoms. The van der Waals surface area contributed by atoms with Crippen LogP contribution in [-0.4, -0.2) is 87.5 Å². The van der Waals surface area contributed by atoms with Crippen molar-refractivity contribution in [1.82, 2.24) is 5.32 Å². The Balaban J connectivity index is 2.13. The minimum atomic E-state index is -1.58. The molecule has 1 rings (SSSR count). The van der Waals surface area contributed by atoms with Crippen molar-refractivity contribution in [3.05, 3.63) is 122 Å². The maximum Gasteiger partial charge on any atom is 0.220 e. The van der Waals surface area contributed by atoms with Crippen LogP contribution in [0.2, 0.25) is 0 Å². The second kappa shape index (κ2) is 46.3. The van der Waals surface area contributed by atoms with E-state index in [4.69, 9.17) is 9.47 Å². The SMILES string of the molecule is C/C=C/CC/C=C/CC/C=C/C(O)C(COC1OC(CO)C(O)C(O)C1O)NC(=O)CCCCCCCCCCCCCCC/C=C\C/C=C\C/C=C\C/C=C\C/C=C\C/C=C\C/C=C\CC. The zero-order chi connectivity index (χ0) is 48.7. The number of nitrogens with one attached hydrogen (secondary N) is 1. The molecule has 1 fully saturated rings. The van der Waals surface area contributed by atoms with Crippen molar-refractivity contribution in [2.45, 2.75) is 224 Å². The van der Waals surface area contributed by atoms with Crippen molar-refractivity contribution < 1.29 is 39.8 Å². The molecule has 0 aliphatic carbocycles. The minimum Gasteiger partial charge on any atom is -0.394 e. The van der Waals surface area contributed by atoms with Gasteiger partial charge in [0.15, 0.2) is 6.29 Å². The van der Waals surface area contributed by atoms with Gasteiger partial charge in [0.2, 0.25) is 5.91 Å². The fourth-order valence-electron chi connectivity index (χ4n) is 7.47. The van der Waals surface area contributed by atoms with Crippen LogP contribution in [0.5, 0.6) is 0 Å². The first-order valence-corrected chi connectivity index (χ1v) is 26.2. The summed E-state index contributed by atoms with van der Waals surface area (Å²) in [4.78, 5) is 13.0. The molecule has 0 bridgehead atoms. The normalized spacial score (nSPS) is 20.7. The first kappa shape index (κ1) is 61.6. The molecule has 7 unspecified atom stereocenters. The van der Waals surface area contributed by atoms with Gasteiger partial charge in [-0.15, -0.1) is 0 Å². The van der Waals surface area contributed by atoms with Crippen LogP contribution in [0.1, 0.15) is 181 Å². The second-order valence-electron chi connectivity index (χ2n) is 17.6. The quantitative estimate of drug-likeness (QED) is 0.0262. The fraction of sp³-hybridized carbons (Fsp3) is 0.638. The van der Waals surface area contributed by atoms with Gasteiger partial charge in [0, 0.05) is 6.42 Å². The molecule has 0 aromatic heterocycles. The Labute approximate surface area is 408 Å². The number of allylic oxidation sites excluding steroid dienone is 19. The summed E-state index contributed by atoms with van der Waals surface area (Å²) in [6.45, 7) is 3.38. The summed E-state index contributed by atoms with van der Waals surface area (Å²) in [7, 11) is 0. The highest BCUT2D eigenvalue weighted by Gasteiger charge is 2.44. The van der Waals surface area contributed by atoms with Gasteiger partial charge in [0.1, 0.15) is 24.4 Å². The van der Waals surface area contributed by atoms with Gasteiger partial charge in [0.25, 0.3) is 0 Å². The van der Waals surface area contributed by atoms with E-state index in [0.29, 0.717) is 6.42 Å². The van der Waals surface area contributed by atoms with Crippen LogP contribution in [0.3, 0.4) is 0 Å². The number of amides is 1. The molecule has 380 valence electrons. The first-order valence-electron chi connectivity index (χ1n) is 26.2. The van der Waals surface area contributed by atoms with Crippen LogP contribution in [0.15, 0.2) is 122 Å². The highest BCUT2D eigenvalue weighted by molar-refractivity contribution is 5.76. The second-order valence-corrected chi connectivity index (χ2v) is 17.6. The zero-order valence-electron chi connectivity index (χ0n) is 41.8. The van der Waals surface area contributed by atoms with Crippen LogP contribution >= 0.6 is 0 Å². The van der Waals surface area contributed by atoms with Gasteiger partial charge in [-0.1, -0.05) is 199 Å². The third-order valence-corrected chi connectivity index (χ3v) is 11.6. The van der Waals surface area contributed by atoms with Crippen LogP contribution < -0.4 is 5.32 Å². The smallest absolute Gasteiger partial charge is 0.220 e. The van der Waals surface area contributed by atoms with Crippen LogP contribution in [-0.2, 0) is 14.3 Å². The predicted octanol–water partition coefficient (Wildman–Crippen LogP) is 12.4. The van der Waals surface area contributed by atoms with Gasteiger partial charge in [-0.3, -0.25) is 4.79 Å². The molecule has 1 saturated heterocycles. The minimum absolute atomic E-state index is 0.202. The van der Waals surface area contributed by atoms with Crippen molar-refractivity contribution in [1.29, 1.82) is 0 Å². The molecule has 6 N–H and O–H groups in total.